The zero-order valence-electron chi connectivity index (χ0n) is 16.8. The Hall–Kier alpha value is -3.15. The van der Waals surface area contributed by atoms with Gasteiger partial charge in [0.2, 0.25) is 5.78 Å². The monoisotopic (exact) mass is 383 g/mol. The zero-order chi connectivity index (χ0) is 20.7. The molecule has 6 heteroatoms. The predicted molar refractivity (Wildman–Crippen MR) is 106 cm³/mol. The molecule has 6 nitrogen and oxygen atoms in total. The predicted octanol–water partition coefficient (Wildman–Crippen LogP) is 3.69. The maximum Gasteiger partial charge on any atom is 0.319 e. The van der Waals surface area contributed by atoms with Crippen LogP contribution in [0.25, 0.3) is 0 Å². The van der Waals surface area contributed by atoms with Crippen molar-refractivity contribution in [2.75, 3.05) is 14.2 Å². The number of ketones is 1. The molecule has 0 spiro atoms. The third-order valence-electron chi connectivity index (χ3n) is 4.41. The van der Waals surface area contributed by atoms with E-state index in [-0.39, 0.29) is 12.3 Å². The van der Waals surface area contributed by atoms with Crippen molar-refractivity contribution in [1.29, 1.82) is 0 Å². The molecule has 0 aliphatic heterocycles. The smallest absolute Gasteiger partial charge is 0.319 e. The van der Waals surface area contributed by atoms with Gasteiger partial charge in [-0.1, -0.05) is 47.6 Å². The fourth-order valence-electron chi connectivity index (χ4n) is 2.70. The van der Waals surface area contributed by atoms with Crippen LogP contribution in [0.3, 0.4) is 0 Å². The lowest BCUT2D eigenvalue weighted by molar-refractivity contribution is -0.153. The number of methoxy groups -OCH3 is 1. The van der Waals surface area contributed by atoms with Crippen LogP contribution >= 0.6 is 0 Å². The molecule has 2 aromatic rings. The number of hydrogen-bond acceptors (Lipinski definition) is 6. The summed E-state index contributed by atoms with van der Waals surface area (Å²) in [5.74, 6) is -0.386. The van der Waals surface area contributed by atoms with Crippen molar-refractivity contribution in [3.8, 4) is 5.75 Å². The molecule has 0 aliphatic rings. The first-order valence-electron chi connectivity index (χ1n) is 8.84. The molecule has 0 radical (unpaired) electrons. The summed E-state index contributed by atoms with van der Waals surface area (Å²) in [6.45, 7) is 5.19. The number of nitrogens with zero attached hydrogens (tertiary/aromatic N) is 1. The van der Waals surface area contributed by atoms with Crippen LogP contribution in [0.5, 0.6) is 5.75 Å². The van der Waals surface area contributed by atoms with Gasteiger partial charge in [-0.25, -0.2) is 0 Å². The van der Waals surface area contributed by atoms with Gasteiger partial charge in [-0.15, -0.1) is 0 Å². The van der Waals surface area contributed by atoms with Crippen LogP contribution in [-0.4, -0.2) is 31.7 Å². The van der Waals surface area contributed by atoms with Crippen LogP contribution in [0.4, 0.5) is 0 Å². The summed E-state index contributed by atoms with van der Waals surface area (Å²) in [5, 5.41) is 3.91. The van der Waals surface area contributed by atoms with Gasteiger partial charge in [-0.2, -0.15) is 0 Å². The molecule has 0 atom stereocenters. The normalized spacial score (nSPS) is 11.7. The van der Waals surface area contributed by atoms with Crippen molar-refractivity contribution < 1.29 is 23.9 Å². The number of para-hydroxylation sites is 1. The van der Waals surface area contributed by atoms with Crippen molar-refractivity contribution in [2.45, 2.75) is 27.4 Å². The minimum Gasteiger partial charge on any atom is -0.489 e. The van der Waals surface area contributed by atoms with Gasteiger partial charge in [0.05, 0.1) is 7.11 Å². The average Bonchev–Trinajstić information content (AvgIpc) is 2.70. The van der Waals surface area contributed by atoms with Crippen molar-refractivity contribution in [3.63, 3.8) is 0 Å². The molecule has 0 amide bonds. The Kier molecular flexibility index (Phi) is 6.93. The van der Waals surface area contributed by atoms with E-state index in [1.807, 2.05) is 43.3 Å². The first-order chi connectivity index (χ1) is 13.3. The molecule has 0 fully saturated rings. The van der Waals surface area contributed by atoms with Crippen LogP contribution in [0.2, 0.25) is 0 Å². The molecule has 0 aliphatic carbocycles. The highest BCUT2D eigenvalue weighted by atomic mass is 16.6. The molecule has 0 aromatic heterocycles. The Morgan fingerprint density at radius 2 is 1.64 bits per heavy atom. The van der Waals surface area contributed by atoms with Gasteiger partial charge in [0.15, 0.2) is 5.71 Å². The first-order valence-corrected chi connectivity index (χ1v) is 8.84. The van der Waals surface area contributed by atoms with Gasteiger partial charge in [-0.3, -0.25) is 9.59 Å². The number of carbonyl (C=O) groups is 2. The molecular formula is C22H25NO5. The second kappa shape index (κ2) is 9.17. The molecule has 28 heavy (non-hydrogen) atoms. The quantitative estimate of drug-likeness (QED) is 0.301. The lowest BCUT2D eigenvalue weighted by Gasteiger charge is -2.21. The molecule has 0 heterocycles. The number of ether oxygens (including phenoxy) is 2. The van der Waals surface area contributed by atoms with Crippen molar-refractivity contribution in [3.05, 3.63) is 65.2 Å². The van der Waals surface area contributed by atoms with Crippen molar-refractivity contribution in [1.82, 2.24) is 0 Å². The Labute approximate surface area is 165 Å². The molecule has 2 aromatic carbocycles. The first kappa shape index (κ1) is 21.2. The fourth-order valence-corrected chi connectivity index (χ4v) is 2.70. The fraction of sp³-hybridized carbons (Fsp3) is 0.318. The van der Waals surface area contributed by atoms with E-state index in [2.05, 4.69) is 5.16 Å². The largest absolute Gasteiger partial charge is 0.489 e. The number of rotatable bonds is 8. The van der Waals surface area contributed by atoms with Crippen molar-refractivity contribution >= 4 is 17.5 Å². The minimum absolute atomic E-state index is 0.0434. The molecule has 0 saturated heterocycles. The van der Waals surface area contributed by atoms with Gasteiger partial charge in [-0.05, 0) is 38.0 Å². The van der Waals surface area contributed by atoms with E-state index >= 15 is 0 Å². The van der Waals surface area contributed by atoms with Gasteiger partial charge in [0.1, 0.15) is 24.9 Å². The van der Waals surface area contributed by atoms with Crippen LogP contribution in [0, 0.1) is 12.3 Å². The van der Waals surface area contributed by atoms with E-state index in [1.54, 1.807) is 12.1 Å². The lowest BCUT2D eigenvalue weighted by atomic mass is 9.83. The maximum atomic E-state index is 13.1. The second-order valence-electron chi connectivity index (χ2n) is 6.78. The van der Waals surface area contributed by atoms with Gasteiger partial charge >= 0.3 is 5.97 Å². The van der Waals surface area contributed by atoms with Crippen molar-refractivity contribution in [2.24, 2.45) is 10.6 Å². The number of oxime groups is 1. The summed E-state index contributed by atoms with van der Waals surface area (Å²) in [4.78, 5) is 30.1. The molecular weight excluding hydrogens is 358 g/mol. The summed E-state index contributed by atoms with van der Waals surface area (Å²) in [6, 6.07) is 14.9. The summed E-state index contributed by atoms with van der Waals surface area (Å²) >= 11 is 0. The van der Waals surface area contributed by atoms with Crippen LogP contribution in [0.1, 0.15) is 30.5 Å². The lowest BCUT2D eigenvalue weighted by Crippen LogP contribution is -2.40. The van der Waals surface area contributed by atoms with E-state index < -0.39 is 17.2 Å². The van der Waals surface area contributed by atoms with Gasteiger partial charge in [0.25, 0.3) is 0 Å². The van der Waals surface area contributed by atoms with Crippen LogP contribution in [-0.2, 0) is 25.8 Å². The number of benzene rings is 2. The van der Waals surface area contributed by atoms with E-state index in [0.29, 0.717) is 5.56 Å². The third-order valence-corrected chi connectivity index (χ3v) is 4.41. The van der Waals surface area contributed by atoms with Gasteiger partial charge in [0, 0.05) is 5.56 Å². The summed E-state index contributed by atoms with van der Waals surface area (Å²) in [5.41, 5.74) is 0.932. The summed E-state index contributed by atoms with van der Waals surface area (Å²) < 4.78 is 10.7. The number of carbonyl (C=O) groups excluding carboxylic acids is 2. The summed E-state index contributed by atoms with van der Waals surface area (Å²) in [7, 11) is 2.60. The maximum absolute atomic E-state index is 13.1. The Bertz CT molecular complexity index is 886. The highest BCUT2D eigenvalue weighted by Crippen LogP contribution is 2.25. The SMILES string of the molecule is CON=C(C(=O)C(C)(C)C(=O)OC)c1ccccc1COc1ccccc1C. The van der Waals surface area contributed by atoms with E-state index in [4.69, 9.17) is 14.3 Å². The highest BCUT2D eigenvalue weighted by Gasteiger charge is 2.41. The molecule has 2 rings (SSSR count). The standard InChI is InChI=1S/C22H25NO5/c1-15-10-6-9-13-18(15)28-14-16-11-7-8-12-17(16)19(23-27-5)20(24)22(2,3)21(25)26-4/h6-13H,14H2,1-5H3. The molecule has 148 valence electrons. The van der Waals surface area contributed by atoms with E-state index in [1.165, 1.54) is 28.1 Å². The molecule has 0 N–H and O–H groups in total. The Morgan fingerprint density at radius 3 is 2.29 bits per heavy atom. The molecule has 0 bridgehead atoms. The third kappa shape index (κ3) is 4.57. The van der Waals surface area contributed by atoms with Crippen LogP contribution < -0.4 is 4.74 Å². The molecule has 0 saturated carbocycles. The van der Waals surface area contributed by atoms with E-state index in [0.717, 1.165) is 16.9 Å². The highest BCUT2D eigenvalue weighted by molar-refractivity contribution is 6.50. The van der Waals surface area contributed by atoms with Gasteiger partial charge < -0.3 is 14.3 Å². The van der Waals surface area contributed by atoms with Crippen LogP contribution in [0.15, 0.2) is 53.7 Å². The number of hydrogen-bond donors (Lipinski definition) is 0. The second-order valence-corrected chi connectivity index (χ2v) is 6.78. The Morgan fingerprint density at radius 1 is 1.00 bits per heavy atom. The zero-order valence-corrected chi connectivity index (χ0v) is 16.8. The Balaban J connectivity index is 2.39. The number of aryl methyl sites for hydroxylation is 1. The number of Topliss-reactive ketones (excluding diaryl/α,β-unsaturated/α-hetero) is 1. The average molecular weight is 383 g/mol. The number of esters is 1. The minimum atomic E-state index is -1.41. The summed E-state index contributed by atoms with van der Waals surface area (Å²) in [6.07, 6.45) is 0. The topological polar surface area (TPSA) is 74.2 Å². The van der Waals surface area contributed by atoms with E-state index in [9.17, 15) is 9.59 Å². The molecule has 0 unspecified atom stereocenters.